The van der Waals surface area contributed by atoms with Gasteiger partial charge in [-0.25, -0.2) is 9.59 Å². The number of hydrogen-bond donors (Lipinski definition) is 8. The summed E-state index contributed by atoms with van der Waals surface area (Å²) in [7, 11) is 0. The fourth-order valence-electron chi connectivity index (χ4n) is 7.54. The molecule has 1 heterocycles. The van der Waals surface area contributed by atoms with Gasteiger partial charge in [-0.1, -0.05) is 80.6 Å². The molecule has 0 bridgehead atoms. The first-order valence-electron chi connectivity index (χ1n) is 21.0. The van der Waals surface area contributed by atoms with Crippen LogP contribution in [0.5, 0.6) is 0 Å². The van der Waals surface area contributed by atoms with Gasteiger partial charge in [-0.2, -0.15) is 0 Å². The van der Waals surface area contributed by atoms with Crippen molar-refractivity contribution in [2.75, 3.05) is 13.2 Å². The Hall–Kier alpha value is -6.91. The van der Waals surface area contributed by atoms with Gasteiger partial charge in [0.15, 0.2) is 5.96 Å². The van der Waals surface area contributed by atoms with Crippen LogP contribution in [0.25, 0.3) is 22.0 Å². The maximum Gasteiger partial charge on any atom is 0.407 e. The SMILES string of the molecule is CC(C)C[C@H](NC(=O)[C@H](CC(=O)O)NC(=O)[C@H](CCCN=C(N)N)NC(=O)[C@H](Cc1c[nH]c2ccccc12)NC(=O)OCC1c2ccccc2-c2ccccc21)C(=O)OC(C)(C)C. The van der Waals surface area contributed by atoms with Gasteiger partial charge in [-0.15, -0.1) is 0 Å². The number of para-hydroxylation sites is 1. The number of carboxylic acid groups (broad SMARTS) is 1. The average Bonchev–Trinajstić information content (AvgIpc) is 3.77. The molecule has 17 heteroatoms. The fourth-order valence-corrected chi connectivity index (χ4v) is 7.54. The Morgan fingerprint density at radius 3 is 1.97 bits per heavy atom. The monoisotopic (exact) mass is 866 g/mol. The number of aromatic nitrogens is 1. The Morgan fingerprint density at radius 2 is 1.35 bits per heavy atom. The summed E-state index contributed by atoms with van der Waals surface area (Å²) in [4.78, 5) is 88.0. The number of hydrogen-bond acceptors (Lipinski definition) is 9. The Kier molecular flexibility index (Phi) is 15.9. The van der Waals surface area contributed by atoms with E-state index in [0.717, 1.165) is 33.2 Å². The molecule has 10 N–H and O–H groups in total. The number of rotatable bonds is 20. The number of fused-ring (bicyclic) bond motifs is 4. The van der Waals surface area contributed by atoms with Crippen LogP contribution in [-0.2, 0) is 39.9 Å². The molecule has 336 valence electrons. The zero-order valence-corrected chi connectivity index (χ0v) is 36.2. The Morgan fingerprint density at radius 1 is 0.778 bits per heavy atom. The topological polar surface area (TPSA) is 269 Å². The molecule has 1 aromatic heterocycles. The highest BCUT2D eigenvalue weighted by Gasteiger charge is 2.35. The third-order valence-electron chi connectivity index (χ3n) is 10.4. The first kappa shape index (κ1) is 47.1. The van der Waals surface area contributed by atoms with Gasteiger partial charge in [0.1, 0.15) is 36.4 Å². The number of ether oxygens (including phenoxy) is 2. The largest absolute Gasteiger partial charge is 0.481 e. The molecule has 1 aliphatic rings. The molecular weight excluding hydrogens is 809 g/mol. The number of aromatic amines is 1. The van der Waals surface area contributed by atoms with Gasteiger partial charge < -0.3 is 52.3 Å². The van der Waals surface area contributed by atoms with Crippen LogP contribution >= 0.6 is 0 Å². The summed E-state index contributed by atoms with van der Waals surface area (Å²) in [5.74, 6) is -5.25. The summed E-state index contributed by atoms with van der Waals surface area (Å²) < 4.78 is 11.3. The van der Waals surface area contributed by atoms with Crippen molar-refractivity contribution in [1.29, 1.82) is 0 Å². The van der Waals surface area contributed by atoms with Crippen molar-refractivity contribution < 1.29 is 43.3 Å². The summed E-state index contributed by atoms with van der Waals surface area (Å²) in [6.45, 7) is 8.75. The average molecular weight is 867 g/mol. The van der Waals surface area contributed by atoms with Gasteiger partial charge in [-0.05, 0) is 79.8 Å². The van der Waals surface area contributed by atoms with Crippen molar-refractivity contribution >= 4 is 52.6 Å². The standard InChI is InChI=1S/C46H58N8O9/c1-26(2)21-38(43(60)63-46(3,4)5)53-42(59)37(23-39(55)56)52-40(57)35(19-12-20-49-44(47)48)51-41(58)36(22-27-24-50-34-18-11-10-13-28(27)34)54-45(61)62-25-33-31-16-8-6-14-29(31)30-15-7-9-17-32(30)33/h6-11,13-18,24,26,33,35-38,50H,12,19-23,25H2,1-5H3,(H,51,58)(H,52,57)(H,53,59)(H,54,61)(H,55,56)(H4,47,48,49)/t35-,36-,37-,38-/m0/s1. The zero-order chi connectivity index (χ0) is 45.8. The van der Waals surface area contributed by atoms with Crippen molar-refractivity contribution in [2.24, 2.45) is 22.4 Å². The molecule has 63 heavy (non-hydrogen) atoms. The second kappa shape index (κ2) is 21.3. The van der Waals surface area contributed by atoms with Crippen LogP contribution in [-0.4, -0.2) is 94.7 Å². The molecule has 0 fully saturated rings. The molecular formula is C46H58N8O9. The van der Waals surface area contributed by atoms with E-state index in [-0.39, 0.29) is 56.6 Å². The molecule has 0 radical (unpaired) electrons. The Balaban J connectivity index is 1.37. The number of alkyl carbamates (subject to hydrolysis) is 1. The number of aliphatic carboxylic acids is 1. The van der Waals surface area contributed by atoms with Crippen molar-refractivity contribution in [3.05, 3.63) is 95.7 Å². The highest BCUT2D eigenvalue weighted by atomic mass is 16.6. The maximum atomic E-state index is 14.4. The van der Waals surface area contributed by atoms with Gasteiger partial charge in [0, 0.05) is 36.0 Å². The van der Waals surface area contributed by atoms with Gasteiger partial charge in [0.2, 0.25) is 17.7 Å². The van der Waals surface area contributed by atoms with E-state index < -0.39 is 71.9 Å². The molecule has 0 saturated heterocycles. The number of carbonyl (C=O) groups is 6. The summed E-state index contributed by atoms with van der Waals surface area (Å²) in [5.41, 5.74) is 15.7. The van der Waals surface area contributed by atoms with Crippen LogP contribution in [0.3, 0.4) is 0 Å². The normalized spacial score (nSPS) is 14.0. The van der Waals surface area contributed by atoms with Gasteiger partial charge in [0.05, 0.1) is 6.42 Å². The number of amides is 4. The number of H-pyrrole nitrogens is 1. The molecule has 0 unspecified atom stereocenters. The predicted octanol–water partition coefficient (Wildman–Crippen LogP) is 3.99. The van der Waals surface area contributed by atoms with E-state index in [1.165, 1.54) is 0 Å². The van der Waals surface area contributed by atoms with Crippen molar-refractivity contribution in [3.8, 4) is 11.1 Å². The van der Waals surface area contributed by atoms with E-state index in [0.29, 0.717) is 5.56 Å². The van der Waals surface area contributed by atoms with E-state index in [1.54, 1.807) is 27.0 Å². The minimum Gasteiger partial charge on any atom is -0.481 e. The fraction of sp³-hybridized carbons (Fsp3) is 0.413. The predicted molar refractivity (Wildman–Crippen MR) is 237 cm³/mol. The van der Waals surface area contributed by atoms with E-state index in [4.69, 9.17) is 20.9 Å². The molecule has 5 rings (SSSR count). The molecule has 4 atom stereocenters. The summed E-state index contributed by atoms with van der Waals surface area (Å²) in [5, 5.41) is 21.0. The maximum absolute atomic E-state index is 14.4. The molecule has 1 aliphatic carbocycles. The summed E-state index contributed by atoms with van der Waals surface area (Å²) in [6, 6.07) is 17.7. The van der Waals surface area contributed by atoms with Gasteiger partial charge in [-0.3, -0.25) is 24.2 Å². The highest BCUT2D eigenvalue weighted by molar-refractivity contribution is 5.96. The number of aliphatic imine (C=N–C) groups is 1. The molecule has 0 aliphatic heterocycles. The number of nitrogens with two attached hydrogens (primary N) is 2. The Labute approximate surface area is 366 Å². The number of carboxylic acids is 1. The van der Waals surface area contributed by atoms with E-state index >= 15 is 0 Å². The smallest absolute Gasteiger partial charge is 0.407 e. The second-order valence-corrected chi connectivity index (χ2v) is 17.0. The van der Waals surface area contributed by atoms with Crippen LogP contribution in [0.4, 0.5) is 4.79 Å². The number of esters is 1. The van der Waals surface area contributed by atoms with Crippen LogP contribution in [0.15, 0.2) is 84.0 Å². The lowest BCUT2D eigenvalue weighted by Gasteiger charge is -2.28. The minimum atomic E-state index is -1.66. The zero-order valence-electron chi connectivity index (χ0n) is 36.2. The van der Waals surface area contributed by atoms with Crippen LogP contribution in [0, 0.1) is 5.92 Å². The minimum absolute atomic E-state index is 0.0178. The molecule has 4 aromatic rings. The molecule has 0 spiro atoms. The lowest BCUT2D eigenvalue weighted by atomic mass is 9.98. The van der Waals surface area contributed by atoms with Crippen molar-refractivity contribution in [1.82, 2.24) is 26.3 Å². The van der Waals surface area contributed by atoms with Crippen LogP contribution in [0.1, 0.15) is 82.9 Å². The number of benzene rings is 3. The molecule has 3 aromatic carbocycles. The highest BCUT2D eigenvalue weighted by Crippen LogP contribution is 2.44. The first-order chi connectivity index (χ1) is 29.9. The van der Waals surface area contributed by atoms with Gasteiger partial charge in [0.25, 0.3) is 0 Å². The molecule has 4 amide bonds. The lowest BCUT2D eigenvalue weighted by Crippen LogP contribution is -2.58. The number of nitrogens with one attached hydrogen (secondary N) is 5. The first-order valence-corrected chi connectivity index (χ1v) is 21.0. The Bertz CT molecular complexity index is 2270. The van der Waals surface area contributed by atoms with Crippen LogP contribution in [0.2, 0.25) is 0 Å². The van der Waals surface area contributed by atoms with Gasteiger partial charge >= 0.3 is 18.0 Å². The van der Waals surface area contributed by atoms with Crippen LogP contribution < -0.4 is 32.7 Å². The van der Waals surface area contributed by atoms with E-state index in [1.807, 2.05) is 86.6 Å². The quantitative estimate of drug-likeness (QED) is 0.0272. The number of guanidine groups is 1. The van der Waals surface area contributed by atoms with Crippen molar-refractivity contribution in [3.63, 3.8) is 0 Å². The van der Waals surface area contributed by atoms with Crippen molar-refractivity contribution in [2.45, 2.75) is 102 Å². The molecule has 17 nitrogen and oxygen atoms in total. The molecule has 0 saturated carbocycles. The summed E-state index contributed by atoms with van der Waals surface area (Å²) >= 11 is 0. The third-order valence-corrected chi connectivity index (χ3v) is 10.4. The number of nitrogens with zero attached hydrogens (tertiary/aromatic N) is 1. The lowest BCUT2D eigenvalue weighted by molar-refractivity contribution is -0.159. The van der Waals surface area contributed by atoms with E-state index in [2.05, 4.69) is 31.2 Å². The van der Waals surface area contributed by atoms with E-state index in [9.17, 15) is 33.9 Å². The third kappa shape index (κ3) is 13.3. The summed E-state index contributed by atoms with van der Waals surface area (Å²) in [6.07, 6.45) is 0.276. The number of carbonyl (C=O) groups excluding carboxylic acids is 5. The second-order valence-electron chi connectivity index (χ2n) is 17.0.